The summed E-state index contributed by atoms with van der Waals surface area (Å²) >= 11 is 0. The van der Waals surface area contributed by atoms with Crippen molar-refractivity contribution in [3.05, 3.63) is 0 Å². The Hall–Kier alpha value is -0.0800. The van der Waals surface area contributed by atoms with Gasteiger partial charge in [-0.1, -0.05) is 20.3 Å². The average Bonchev–Trinajstić information content (AvgIpc) is 2.28. The standard InChI is InChI=1S/C13H28N2/c1-5-11(3)15(4)13-9-7-8-12(10-13)14-6-2/h11-14H,5-10H2,1-4H3. The minimum absolute atomic E-state index is 0.732. The molecule has 3 unspecified atom stereocenters. The minimum Gasteiger partial charge on any atom is -0.314 e. The van der Waals surface area contributed by atoms with Gasteiger partial charge >= 0.3 is 0 Å². The molecule has 0 bridgehead atoms. The number of rotatable bonds is 5. The molecule has 0 aromatic rings. The number of hydrogen-bond acceptors (Lipinski definition) is 2. The first-order valence-corrected chi connectivity index (χ1v) is 6.64. The third-order valence-electron chi connectivity index (χ3n) is 4.00. The quantitative estimate of drug-likeness (QED) is 0.753. The van der Waals surface area contributed by atoms with Crippen molar-refractivity contribution in [1.82, 2.24) is 10.2 Å². The molecule has 1 fully saturated rings. The summed E-state index contributed by atoms with van der Waals surface area (Å²) in [5.41, 5.74) is 0. The number of nitrogens with zero attached hydrogens (tertiary/aromatic N) is 1. The van der Waals surface area contributed by atoms with Crippen molar-refractivity contribution in [2.75, 3.05) is 13.6 Å². The van der Waals surface area contributed by atoms with Gasteiger partial charge in [0.25, 0.3) is 0 Å². The average molecular weight is 212 g/mol. The summed E-state index contributed by atoms with van der Waals surface area (Å²) in [4.78, 5) is 2.59. The molecule has 0 heterocycles. The highest BCUT2D eigenvalue weighted by Crippen LogP contribution is 2.24. The molecular weight excluding hydrogens is 184 g/mol. The van der Waals surface area contributed by atoms with Gasteiger partial charge < -0.3 is 10.2 Å². The molecule has 90 valence electrons. The van der Waals surface area contributed by atoms with Crippen molar-refractivity contribution >= 4 is 0 Å². The summed E-state index contributed by atoms with van der Waals surface area (Å²) in [5, 5.41) is 3.60. The van der Waals surface area contributed by atoms with Crippen LogP contribution in [0.2, 0.25) is 0 Å². The Morgan fingerprint density at radius 1 is 1.33 bits per heavy atom. The van der Waals surface area contributed by atoms with Crippen molar-refractivity contribution in [2.24, 2.45) is 0 Å². The Morgan fingerprint density at radius 3 is 2.67 bits per heavy atom. The van der Waals surface area contributed by atoms with Gasteiger partial charge in [-0.15, -0.1) is 0 Å². The van der Waals surface area contributed by atoms with Crippen LogP contribution < -0.4 is 5.32 Å². The van der Waals surface area contributed by atoms with E-state index in [-0.39, 0.29) is 0 Å². The predicted molar refractivity (Wildman–Crippen MR) is 67.2 cm³/mol. The largest absolute Gasteiger partial charge is 0.314 e. The van der Waals surface area contributed by atoms with Crippen LogP contribution in [0.3, 0.4) is 0 Å². The summed E-state index contributed by atoms with van der Waals surface area (Å²) < 4.78 is 0. The van der Waals surface area contributed by atoms with Crippen molar-refractivity contribution < 1.29 is 0 Å². The second-order valence-electron chi connectivity index (χ2n) is 5.00. The first kappa shape index (κ1) is 13.0. The van der Waals surface area contributed by atoms with Crippen molar-refractivity contribution in [3.8, 4) is 0 Å². The summed E-state index contributed by atoms with van der Waals surface area (Å²) in [6, 6.07) is 2.30. The van der Waals surface area contributed by atoms with Crippen LogP contribution in [0.1, 0.15) is 52.9 Å². The smallest absolute Gasteiger partial charge is 0.0110 e. The van der Waals surface area contributed by atoms with E-state index < -0.39 is 0 Å². The summed E-state index contributed by atoms with van der Waals surface area (Å²) in [6.45, 7) is 7.95. The molecule has 0 spiro atoms. The molecule has 0 radical (unpaired) electrons. The maximum atomic E-state index is 3.60. The van der Waals surface area contributed by atoms with Crippen LogP contribution in [0.4, 0.5) is 0 Å². The van der Waals surface area contributed by atoms with Gasteiger partial charge in [-0.3, -0.25) is 0 Å². The van der Waals surface area contributed by atoms with E-state index in [2.05, 4.69) is 38.0 Å². The molecule has 3 atom stereocenters. The summed E-state index contributed by atoms with van der Waals surface area (Å²) in [5.74, 6) is 0. The van der Waals surface area contributed by atoms with Gasteiger partial charge in [0, 0.05) is 18.1 Å². The highest BCUT2D eigenvalue weighted by atomic mass is 15.2. The molecule has 1 rings (SSSR count). The highest BCUT2D eigenvalue weighted by molar-refractivity contribution is 4.84. The summed E-state index contributed by atoms with van der Waals surface area (Å²) in [7, 11) is 2.30. The zero-order chi connectivity index (χ0) is 11.3. The molecule has 0 aromatic heterocycles. The molecule has 1 aliphatic rings. The van der Waals surface area contributed by atoms with Crippen molar-refractivity contribution in [2.45, 2.75) is 71.0 Å². The van der Waals surface area contributed by atoms with E-state index >= 15 is 0 Å². The molecule has 15 heavy (non-hydrogen) atoms. The van der Waals surface area contributed by atoms with Crippen LogP contribution in [0.25, 0.3) is 0 Å². The molecule has 0 saturated heterocycles. The lowest BCUT2D eigenvalue weighted by molar-refractivity contribution is 0.128. The monoisotopic (exact) mass is 212 g/mol. The van der Waals surface area contributed by atoms with E-state index in [1.54, 1.807) is 0 Å². The van der Waals surface area contributed by atoms with E-state index in [0.29, 0.717) is 0 Å². The lowest BCUT2D eigenvalue weighted by Gasteiger charge is -2.38. The molecule has 1 N–H and O–H groups in total. The predicted octanol–water partition coefficient (Wildman–Crippen LogP) is 2.64. The zero-order valence-corrected chi connectivity index (χ0v) is 10.9. The third kappa shape index (κ3) is 3.76. The molecule has 2 nitrogen and oxygen atoms in total. The zero-order valence-electron chi connectivity index (χ0n) is 10.9. The lowest BCUT2D eigenvalue weighted by atomic mass is 9.89. The Labute approximate surface area is 95.4 Å². The normalized spacial score (nSPS) is 29.4. The molecule has 0 aromatic carbocycles. The molecule has 1 aliphatic carbocycles. The van der Waals surface area contributed by atoms with Crippen LogP contribution in [-0.4, -0.2) is 36.6 Å². The SMILES string of the molecule is CCNC1CCCC(N(C)C(C)CC)C1. The Bertz CT molecular complexity index is 168. The van der Waals surface area contributed by atoms with Gasteiger partial charge in [-0.25, -0.2) is 0 Å². The van der Waals surface area contributed by atoms with Gasteiger partial charge in [-0.05, 0) is 46.2 Å². The van der Waals surface area contributed by atoms with Crippen molar-refractivity contribution in [1.29, 1.82) is 0 Å². The van der Waals surface area contributed by atoms with Crippen LogP contribution in [-0.2, 0) is 0 Å². The fraction of sp³-hybridized carbons (Fsp3) is 1.00. The Balaban J connectivity index is 2.41. The maximum absolute atomic E-state index is 3.60. The lowest BCUT2D eigenvalue weighted by Crippen LogP contribution is -2.45. The second kappa shape index (κ2) is 6.49. The second-order valence-corrected chi connectivity index (χ2v) is 5.00. The number of nitrogens with one attached hydrogen (secondary N) is 1. The van der Waals surface area contributed by atoms with Gasteiger partial charge in [-0.2, -0.15) is 0 Å². The fourth-order valence-electron chi connectivity index (χ4n) is 2.66. The molecule has 2 heteroatoms. The topological polar surface area (TPSA) is 15.3 Å². The van der Waals surface area contributed by atoms with E-state index in [1.165, 1.54) is 32.1 Å². The first-order valence-electron chi connectivity index (χ1n) is 6.64. The van der Waals surface area contributed by atoms with Gasteiger partial charge in [0.1, 0.15) is 0 Å². The van der Waals surface area contributed by atoms with Gasteiger partial charge in [0.2, 0.25) is 0 Å². The van der Waals surface area contributed by atoms with E-state index in [9.17, 15) is 0 Å². The summed E-state index contributed by atoms with van der Waals surface area (Å²) in [6.07, 6.45) is 6.76. The third-order valence-corrected chi connectivity index (χ3v) is 4.00. The van der Waals surface area contributed by atoms with Crippen LogP contribution in [0.5, 0.6) is 0 Å². The van der Waals surface area contributed by atoms with Crippen LogP contribution >= 0.6 is 0 Å². The van der Waals surface area contributed by atoms with E-state index in [4.69, 9.17) is 0 Å². The Kier molecular flexibility index (Phi) is 5.62. The fourth-order valence-corrected chi connectivity index (χ4v) is 2.66. The molecule has 1 saturated carbocycles. The van der Waals surface area contributed by atoms with E-state index in [1.807, 2.05) is 0 Å². The van der Waals surface area contributed by atoms with Gasteiger partial charge in [0.05, 0.1) is 0 Å². The molecular formula is C13H28N2. The number of hydrogen-bond donors (Lipinski definition) is 1. The first-order chi connectivity index (χ1) is 7.19. The van der Waals surface area contributed by atoms with Crippen molar-refractivity contribution in [3.63, 3.8) is 0 Å². The van der Waals surface area contributed by atoms with Gasteiger partial charge in [0.15, 0.2) is 0 Å². The van der Waals surface area contributed by atoms with E-state index in [0.717, 1.165) is 24.7 Å². The van der Waals surface area contributed by atoms with Crippen LogP contribution in [0.15, 0.2) is 0 Å². The van der Waals surface area contributed by atoms with Crippen LogP contribution in [0, 0.1) is 0 Å². The minimum atomic E-state index is 0.732. The molecule has 0 aliphatic heterocycles. The Morgan fingerprint density at radius 2 is 2.07 bits per heavy atom. The highest BCUT2D eigenvalue weighted by Gasteiger charge is 2.25. The maximum Gasteiger partial charge on any atom is 0.0110 e. The molecule has 0 amide bonds.